The molecule has 2 atom stereocenters. The van der Waals surface area contributed by atoms with Gasteiger partial charge in [-0.25, -0.2) is 0 Å². The Hall–Kier alpha value is -2.29. The van der Waals surface area contributed by atoms with Crippen LogP contribution in [0.25, 0.3) is 0 Å². The molecular formula is C21H28N4O4. The van der Waals surface area contributed by atoms with Crippen molar-refractivity contribution in [3.63, 3.8) is 0 Å². The second-order valence-corrected chi connectivity index (χ2v) is 8.68. The number of hydrogen-bond donors (Lipinski definition) is 3. The van der Waals surface area contributed by atoms with Crippen molar-refractivity contribution in [2.75, 3.05) is 19.7 Å². The standard InChI is InChI=1S/C21H28N4O4/c1-21(2)12-29-15(10-23-21)9-22-8-13-4-3-5-14-11-25(20(28)18(13)14)16-6-7-17(26)24-19(16)27/h3-5,15-16,22-23H,6-12H2,1-2H3,(H,24,26,27). The summed E-state index contributed by atoms with van der Waals surface area (Å²) >= 11 is 0. The van der Waals surface area contributed by atoms with E-state index in [1.807, 2.05) is 18.2 Å². The van der Waals surface area contributed by atoms with E-state index >= 15 is 0 Å². The van der Waals surface area contributed by atoms with Crippen LogP contribution in [0.2, 0.25) is 0 Å². The first-order valence-electron chi connectivity index (χ1n) is 10.2. The maximum atomic E-state index is 13.1. The molecule has 8 heteroatoms. The molecule has 4 rings (SSSR count). The van der Waals surface area contributed by atoms with E-state index in [2.05, 4.69) is 29.8 Å². The van der Waals surface area contributed by atoms with Crippen LogP contribution in [0.3, 0.4) is 0 Å². The fraction of sp³-hybridized carbons (Fsp3) is 0.571. The second-order valence-electron chi connectivity index (χ2n) is 8.68. The molecule has 0 aromatic heterocycles. The molecule has 2 saturated heterocycles. The Kier molecular flexibility index (Phi) is 5.42. The molecule has 29 heavy (non-hydrogen) atoms. The van der Waals surface area contributed by atoms with E-state index < -0.39 is 6.04 Å². The number of carbonyl (C=O) groups is 3. The number of amides is 3. The highest BCUT2D eigenvalue weighted by molar-refractivity contribution is 6.05. The lowest BCUT2D eigenvalue weighted by Gasteiger charge is -2.36. The van der Waals surface area contributed by atoms with E-state index in [9.17, 15) is 14.4 Å². The summed E-state index contributed by atoms with van der Waals surface area (Å²) in [6, 6.07) is 5.23. The number of nitrogens with one attached hydrogen (secondary N) is 3. The smallest absolute Gasteiger partial charge is 0.255 e. The zero-order valence-corrected chi connectivity index (χ0v) is 16.9. The van der Waals surface area contributed by atoms with E-state index in [0.717, 1.165) is 17.7 Å². The molecule has 3 N–H and O–H groups in total. The Morgan fingerprint density at radius 2 is 2.10 bits per heavy atom. The van der Waals surface area contributed by atoms with Crippen molar-refractivity contribution < 1.29 is 19.1 Å². The largest absolute Gasteiger partial charge is 0.374 e. The number of rotatable bonds is 5. The van der Waals surface area contributed by atoms with Gasteiger partial charge in [-0.15, -0.1) is 0 Å². The highest BCUT2D eigenvalue weighted by atomic mass is 16.5. The van der Waals surface area contributed by atoms with Crippen LogP contribution < -0.4 is 16.0 Å². The summed E-state index contributed by atoms with van der Waals surface area (Å²) in [5.41, 5.74) is 2.53. The van der Waals surface area contributed by atoms with E-state index in [1.165, 1.54) is 0 Å². The molecule has 8 nitrogen and oxygen atoms in total. The summed E-state index contributed by atoms with van der Waals surface area (Å²) in [5.74, 6) is -0.792. The molecule has 3 aliphatic rings. The predicted octanol–water partition coefficient (Wildman–Crippen LogP) is 0.304. The van der Waals surface area contributed by atoms with Gasteiger partial charge in [-0.05, 0) is 31.4 Å². The van der Waals surface area contributed by atoms with Crippen molar-refractivity contribution >= 4 is 17.7 Å². The first-order chi connectivity index (χ1) is 13.8. The van der Waals surface area contributed by atoms with Crippen molar-refractivity contribution in [1.82, 2.24) is 20.9 Å². The van der Waals surface area contributed by atoms with Crippen LogP contribution in [0.4, 0.5) is 0 Å². The zero-order chi connectivity index (χ0) is 20.6. The maximum absolute atomic E-state index is 13.1. The van der Waals surface area contributed by atoms with Gasteiger partial charge >= 0.3 is 0 Å². The fourth-order valence-corrected chi connectivity index (χ4v) is 4.16. The van der Waals surface area contributed by atoms with Crippen molar-refractivity contribution in [1.29, 1.82) is 0 Å². The van der Waals surface area contributed by atoms with Crippen LogP contribution in [0.1, 0.15) is 48.2 Å². The molecular weight excluding hydrogens is 372 g/mol. The lowest BCUT2D eigenvalue weighted by molar-refractivity contribution is -0.136. The predicted molar refractivity (Wildman–Crippen MR) is 106 cm³/mol. The van der Waals surface area contributed by atoms with Crippen LogP contribution in [0, 0.1) is 0 Å². The third kappa shape index (κ3) is 4.19. The van der Waals surface area contributed by atoms with Gasteiger partial charge in [0.1, 0.15) is 6.04 Å². The van der Waals surface area contributed by atoms with Crippen LogP contribution in [0.15, 0.2) is 18.2 Å². The maximum Gasteiger partial charge on any atom is 0.255 e. The Morgan fingerprint density at radius 3 is 2.83 bits per heavy atom. The highest BCUT2D eigenvalue weighted by Gasteiger charge is 2.39. The molecule has 0 radical (unpaired) electrons. The van der Waals surface area contributed by atoms with Gasteiger partial charge in [0.05, 0.1) is 12.7 Å². The number of imide groups is 1. The fourth-order valence-electron chi connectivity index (χ4n) is 4.16. The Morgan fingerprint density at radius 1 is 1.28 bits per heavy atom. The Bertz CT molecular complexity index is 828. The number of piperidine rings is 1. The molecule has 1 aromatic carbocycles. The van der Waals surface area contributed by atoms with Crippen molar-refractivity contribution in [3.8, 4) is 0 Å². The Balaban J connectivity index is 1.39. The molecule has 3 aliphatic heterocycles. The number of hydrogen-bond acceptors (Lipinski definition) is 6. The van der Waals surface area contributed by atoms with Crippen molar-refractivity contribution in [2.24, 2.45) is 0 Å². The third-order valence-electron chi connectivity index (χ3n) is 5.81. The van der Waals surface area contributed by atoms with Gasteiger partial charge in [0, 0.05) is 43.7 Å². The summed E-state index contributed by atoms with van der Waals surface area (Å²) in [6.07, 6.45) is 0.729. The average Bonchev–Trinajstić information content (AvgIpc) is 3.00. The molecule has 0 saturated carbocycles. The minimum atomic E-state index is -0.585. The zero-order valence-electron chi connectivity index (χ0n) is 16.9. The van der Waals surface area contributed by atoms with Crippen molar-refractivity contribution in [2.45, 2.75) is 57.5 Å². The van der Waals surface area contributed by atoms with E-state index in [4.69, 9.17) is 4.74 Å². The average molecular weight is 400 g/mol. The Labute approximate surface area is 170 Å². The number of benzene rings is 1. The minimum Gasteiger partial charge on any atom is -0.374 e. The summed E-state index contributed by atoms with van der Waals surface area (Å²) < 4.78 is 5.89. The van der Waals surface area contributed by atoms with Gasteiger partial charge in [-0.2, -0.15) is 0 Å². The molecule has 1 aromatic rings. The van der Waals surface area contributed by atoms with Gasteiger partial charge in [-0.3, -0.25) is 19.7 Å². The van der Waals surface area contributed by atoms with Crippen LogP contribution >= 0.6 is 0 Å². The molecule has 2 unspecified atom stereocenters. The van der Waals surface area contributed by atoms with Crippen molar-refractivity contribution in [3.05, 3.63) is 34.9 Å². The highest BCUT2D eigenvalue weighted by Crippen LogP contribution is 2.29. The van der Waals surface area contributed by atoms with E-state index in [1.54, 1.807) is 4.90 Å². The van der Waals surface area contributed by atoms with Gasteiger partial charge in [0.25, 0.3) is 5.91 Å². The first-order valence-corrected chi connectivity index (χ1v) is 10.2. The van der Waals surface area contributed by atoms with Crippen LogP contribution in [0.5, 0.6) is 0 Å². The molecule has 3 heterocycles. The molecule has 3 amide bonds. The quantitative estimate of drug-likeness (QED) is 0.615. The molecule has 2 fully saturated rings. The van der Waals surface area contributed by atoms with Gasteiger partial charge in [0.2, 0.25) is 11.8 Å². The number of carbonyl (C=O) groups excluding carboxylic acids is 3. The SMILES string of the molecule is CC1(C)COC(CNCc2cccc3c2C(=O)N(C2CCC(=O)NC2=O)C3)CN1. The molecule has 156 valence electrons. The number of ether oxygens (including phenoxy) is 1. The third-order valence-corrected chi connectivity index (χ3v) is 5.81. The minimum absolute atomic E-state index is 0.00263. The lowest BCUT2D eigenvalue weighted by Crippen LogP contribution is -2.55. The van der Waals surface area contributed by atoms with Gasteiger partial charge in [-0.1, -0.05) is 18.2 Å². The topological polar surface area (TPSA) is 99.8 Å². The summed E-state index contributed by atoms with van der Waals surface area (Å²) in [6.45, 7) is 7.33. The summed E-state index contributed by atoms with van der Waals surface area (Å²) in [7, 11) is 0. The summed E-state index contributed by atoms with van der Waals surface area (Å²) in [5, 5.41) is 9.21. The van der Waals surface area contributed by atoms with E-state index in [0.29, 0.717) is 38.2 Å². The summed E-state index contributed by atoms with van der Waals surface area (Å²) in [4.78, 5) is 38.3. The van der Waals surface area contributed by atoms with Crippen LogP contribution in [-0.4, -0.2) is 60.0 Å². The van der Waals surface area contributed by atoms with E-state index in [-0.39, 0.29) is 35.8 Å². The normalized spacial score (nSPS) is 26.4. The number of fused-ring (bicyclic) bond motifs is 1. The van der Waals surface area contributed by atoms with Gasteiger partial charge < -0.3 is 20.3 Å². The second kappa shape index (κ2) is 7.85. The number of nitrogens with zero attached hydrogens (tertiary/aromatic N) is 1. The monoisotopic (exact) mass is 400 g/mol. The van der Waals surface area contributed by atoms with Gasteiger partial charge in [0.15, 0.2) is 0 Å². The lowest BCUT2D eigenvalue weighted by atomic mass is 10.0. The first kappa shape index (κ1) is 20.0. The molecule has 0 aliphatic carbocycles. The molecule has 0 bridgehead atoms. The van der Waals surface area contributed by atoms with Crippen LogP contribution in [-0.2, 0) is 27.4 Å². The number of morpholine rings is 1. The molecule has 0 spiro atoms.